The summed E-state index contributed by atoms with van der Waals surface area (Å²) in [6.45, 7) is 9.04. The maximum atomic E-state index is 13.5. The highest BCUT2D eigenvalue weighted by Crippen LogP contribution is 2.26. The Bertz CT molecular complexity index is 1370. The van der Waals surface area contributed by atoms with Crippen molar-refractivity contribution in [3.05, 3.63) is 74.7 Å². The molecule has 0 saturated heterocycles. The second kappa shape index (κ2) is 7.24. The Hall–Kier alpha value is -3.21. The van der Waals surface area contributed by atoms with Gasteiger partial charge in [0.1, 0.15) is 11.2 Å². The molecule has 0 saturated carbocycles. The highest BCUT2D eigenvalue weighted by atomic mass is 16.1. The molecular formula is C25H27N3O2. The number of hydrogen-bond acceptors (Lipinski definition) is 3. The number of nitrogens with zero attached hydrogens (tertiary/aromatic N) is 3. The third-order valence-corrected chi connectivity index (χ3v) is 5.66. The lowest BCUT2D eigenvalue weighted by molar-refractivity contribution is 0.590. The van der Waals surface area contributed by atoms with Gasteiger partial charge in [0.2, 0.25) is 5.43 Å². The van der Waals surface area contributed by atoms with Crippen LogP contribution in [0.25, 0.3) is 33.3 Å². The topological polar surface area (TPSA) is 56.9 Å². The van der Waals surface area contributed by atoms with E-state index in [-0.39, 0.29) is 21.8 Å². The summed E-state index contributed by atoms with van der Waals surface area (Å²) >= 11 is 0. The zero-order valence-electron chi connectivity index (χ0n) is 18.2. The Balaban J connectivity index is 2.08. The molecule has 0 aliphatic carbocycles. The minimum Gasteiger partial charge on any atom is -0.328 e. The fraction of sp³-hybridized carbons (Fsp3) is 0.320. The van der Waals surface area contributed by atoms with Crippen molar-refractivity contribution in [3.8, 4) is 11.4 Å². The van der Waals surface area contributed by atoms with Crippen LogP contribution in [0.2, 0.25) is 0 Å². The maximum absolute atomic E-state index is 13.5. The molecule has 0 aliphatic heterocycles. The average Bonchev–Trinajstić information content (AvgIpc) is 2.73. The highest BCUT2D eigenvalue weighted by molar-refractivity contribution is 5.91. The van der Waals surface area contributed by atoms with Crippen molar-refractivity contribution in [1.29, 1.82) is 0 Å². The van der Waals surface area contributed by atoms with E-state index < -0.39 is 0 Å². The van der Waals surface area contributed by atoms with Gasteiger partial charge >= 0.3 is 0 Å². The molecule has 0 N–H and O–H groups in total. The number of aryl methyl sites for hydroxylation is 1. The minimum atomic E-state index is -0.275. The summed E-state index contributed by atoms with van der Waals surface area (Å²) in [5.41, 5.74) is 2.79. The summed E-state index contributed by atoms with van der Waals surface area (Å²) in [5, 5.41) is 0.691. The molecule has 154 valence electrons. The molecule has 0 amide bonds. The summed E-state index contributed by atoms with van der Waals surface area (Å²) in [7, 11) is 1.85. The van der Waals surface area contributed by atoms with E-state index in [9.17, 15) is 9.59 Å². The molecule has 0 unspecified atom stereocenters. The molecule has 4 rings (SSSR count). The smallest absolute Gasteiger partial charge is 0.267 e. The summed E-state index contributed by atoms with van der Waals surface area (Å²) in [4.78, 5) is 31.5. The predicted molar refractivity (Wildman–Crippen MR) is 123 cm³/mol. The molecule has 4 aromatic rings. The van der Waals surface area contributed by atoms with Crippen molar-refractivity contribution < 1.29 is 0 Å². The van der Waals surface area contributed by atoms with E-state index in [1.165, 1.54) is 5.56 Å². The molecule has 0 spiro atoms. The van der Waals surface area contributed by atoms with Crippen LogP contribution in [0.3, 0.4) is 0 Å². The van der Waals surface area contributed by atoms with E-state index in [1.54, 1.807) is 10.6 Å². The first-order valence-electron chi connectivity index (χ1n) is 10.4. The third-order valence-electron chi connectivity index (χ3n) is 5.66. The van der Waals surface area contributed by atoms with Crippen molar-refractivity contribution in [2.75, 3.05) is 0 Å². The number of benzene rings is 2. The molecule has 2 heterocycles. The lowest BCUT2D eigenvalue weighted by Crippen LogP contribution is -2.29. The molecule has 0 aliphatic rings. The Morgan fingerprint density at radius 3 is 2.27 bits per heavy atom. The maximum Gasteiger partial charge on any atom is 0.267 e. The second-order valence-corrected chi connectivity index (χ2v) is 8.82. The largest absolute Gasteiger partial charge is 0.328 e. The van der Waals surface area contributed by atoms with Crippen LogP contribution in [0.5, 0.6) is 0 Å². The molecule has 0 fully saturated rings. The molecule has 2 aromatic carbocycles. The average molecular weight is 402 g/mol. The van der Waals surface area contributed by atoms with E-state index in [1.807, 2.05) is 48.9 Å². The van der Waals surface area contributed by atoms with Gasteiger partial charge < -0.3 is 4.57 Å². The normalized spacial score (nSPS) is 12.0. The molecule has 0 bridgehead atoms. The molecule has 5 nitrogen and oxygen atoms in total. The van der Waals surface area contributed by atoms with Crippen LogP contribution in [0.1, 0.15) is 39.7 Å². The van der Waals surface area contributed by atoms with Gasteiger partial charge in [0.25, 0.3) is 5.56 Å². The van der Waals surface area contributed by atoms with E-state index in [0.717, 1.165) is 17.5 Å². The molecule has 30 heavy (non-hydrogen) atoms. The van der Waals surface area contributed by atoms with Gasteiger partial charge in [0.05, 0.1) is 5.52 Å². The molecule has 2 aromatic heterocycles. The fourth-order valence-electron chi connectivity index (χ4n) is 3.96. The van der Waals surface area contributed by atoms with Crippen LogP contribution in [-0.4, -0.2) is 14.1 Å². The standard InChI is InChI=1S/C25H27N3O2/c1-6-15-28-22(16-11-13-17(14-12-16)25(2,3)4)26-23-20(24(28)30)21(29)18-9-7-8-10-19(18)27(23)5/h7-14H,6,15H2,1-5H3. The van der Waals surface area contributed by atoms with Crippen molar-refractivity contribution >= 4 is 21.9 Å². The third kappa shape index (κ3) is 3.15. The molecular weight excluding hydrogens is 374 g/mol. The number of rotatable bonds is 3. The Kier molecular flexibility index (Phi) is 4.85. The first-order valence-corrected chi connectivity index (χ1v) is 10.4. The highest BCUT2D eigenvalue weighted by Gasteiger charge is 2.19. The van der Waals surface area contributed by atoms with Crippen LogP contribution in [0, 0.1) is 0 Å². The van der Waals surface area contributed by atoms with Crippen molar-refractivity contribution in [3.63, 3.8) is 0 Å². The van der Waals surface area contributed by atoms with E-state index in [4.69, 9.17) is 4.98 Å². The number of hydrogen-bond donors (Lipinski definition) is 0. The van der Waals surface area contributed by atoms with Gasteiger partial charge in [-0.05, 0) is 29.5 Å². The monoisotopic (exact) mass is 401 g/mol. The Morgan fingerprint density at radius 1 is 0.967 bits per heavy atom. The Labute approximate surface area is 175 Å². The molecule has 0 radical (unpaired) electrons. The summed E-state index contributed by atoms with van der Waals surface area (Å²) in [6, 6.07) is 15.5. The zero-order valence-corrected chi connectivity index (χ0v) is 18.2. The Morgan fingerprint density at radius 2 is 1.63 bits per heavy atom. The van der Waals surface area contributed by atoms with Crippen LogP contribution in [0.4, 0.5) is 0 Å². The first-order chi connectivity index (χ1) is 14.2. The number of pyridine rings is 1. The van der Waals surface area contributed by atoms with Crippen molar-refractivity contribution in [2.24, 2.45) is 7.05 Å². The summed E-state index contributed by atoms with van der Waals surface area (Å²) in [6.07, 6.45) is 0.772. The van der Waals surface area contributed by atoms with Gasteiger partial charge in [-0.3, -0.25) is 14.2 Å². The van der Waals surface area contributed by atoms with Crippen molar-refractivity contribution in [1.82, 2.24) is 14.1 Å². The number of aromatic nitrogens is 3. The SMILES string of the molecule is CCCn1c(-c2ccc(C(C)(C)C)cc2)nc2c(c(=O)c3ccccc3n2C)c1=O. The van der Waals surface area contributed by atoms with Crippen LogP contribution in [0.15, 0.2) is 58.1 Å². The first kappa shape index (κ1) is 20.1. The lowest BCUT2D eigenvalue weighted by atomic mass is 9.86. The van der Waals surface area contributed by atoms with Gasteiger partial charge in [0, 0.05) is 24.5 Å². The van der Waals surface area contributed by atoms with E-state index >= 15 is 0 Å². The predicted octanol–water partition coefficient (Wildman–Crippen LogP) is 4.62. The number of fused-ring (bicyclic) bond motifs is 2. The van der Waals surface area contributed by atoms with Gasteiger partial charge in [0.15, 0.2) is 5.65 Å². The summed E-state index contributed by atoms with van der Waals surface area (Å²) in [5.74, 6) is 0.597. The van der Waals surface area contributed by atoms with Crippen LogP contribution < -0.4 is 11.0 Å². The van der Waals surface area contributed by atoms with Gasteiger partial charge in [-0.2, -0.15) is 0 Å². The number of para-hydroxylation sites is 1. The fourth-order valence-corrected chi connectivity index (χ4v) is 3.96. The van der Waals surface area contributed by atoms with Gasteiger partial charge in [-0.25, -0.2) is 4.98 Å². The van der Waals surface area contributed by atoms with E-state index in [0.29, 0.717) is 23.4 Å². The van der Waals surface area contributed by atoms with Gasteiger partial charge in [-0.1, -0.05) is 64.1 Å². The molecule has 5 heteroatoms. The van der Waals surface area contributed by atoms with E-state index in [2.05, 4.69) is 32.9 Å². The summed E-state index contributed by atoms with van der Waals surface area (Å²) < 4.78 is 3.49. The van der Waals surface area contributed by atoms with Crippen LogP contribution in [-0.2, 0) is 19.0 Å². The quantitative estimate of drug-likeness (QED) is 0.471. The van der Waals surface area contributed by atoms with Crippen LogP contribution >= 0.6 is 0 Å². The van der Waals surface area contributed by atoms with Crippen molar-refractivity contribution in [2.45, 2.75) is 46.1 Å². The zero-order chi connectivity index (χ0) is 21.6. The second-order valence-electron chi connectivity index (χ2n) is 8.82. The minimum absolute atomic E-state index is 0.0429. The van der Waals surface area contributed by atoms with Gasteiger partial charge in [-0.15, -0.1) is 0 Å². The molecule has 0 atom stereocenters. The lowest BCUT2D eigenvalue weighted by Gasteiger charge is -2.20.